The highest BCUT2D eigenvalue weighted by atomic mass is 16.7. The molecule has 0 aliphatic carbocycles. The van der Waals surface area contributed by atoms with Gasteiger partial charge in [-0.25, -0.2) is 14.8 Å². The van der Waals surface area contributed by atoms with E-state index in [2.05, 4.69) is 17.2 Å². The zero-order chi connectivity index (χ0) is 23.8. The number of rotatable bonds is 11. The van der Waals surface area contributed by atoms with E-state index in [9.17, 15) is 4.79 Å². The molecule has 2 heterocycles. The van der Waals surface area contributed by atoms with E-state index < -0.39 is 6.09 Å². The third-order valence-corrected chi connectivity index (χ3v) is 5.57. The minimum Gasteiger partial charge on any atom is -0.445 e. The molecule has 0 fully saturated rings. The maximum absolute atomic E-state index is 11.9. The Balaban J connectivity index is 1.34. The van der Waals surface area contributed by atoms with Crippen LogP contribution in [0.1, 0.15) is 44.0 Å². The number of amides is 1. The van der Waals surface area contributed by atoms with Crippen molar-refractivity contribution in [3.05, 3.63) is 66.0 Å². The molecule has 3 N–H and O–H groups in total. The van der Waals surface area contributed by atoms with Crippen LogP contribution in [0.15, 0.2) is 54.6 Å². The number of para-hydroxylation sites is 1. The third kappa shape index (κ3) is 5.57. The number of anilines is 1. The van der Waals surface area contributed by atoms with Gasteiger partial charge in [-0.1, -0.05) is 61.9 Å². The number of nitrogens with two attached hydrogens (primary N) is 1. The van der Waals surface area contributed by atoms with Crippen LogP contribution in [-0.4, -0.2) is 33.9 Å². The number of carbonyl (C=O) groups is 1. The summed E-state index contributed by atoms with van der Waals surface area (Å²) in [7, 11) is 0. The van der Waals surface area contributed by atoms with Gasteiger partial charge in [0.15, 0.2) is 5.82 Å². The summed E-state index contributed by atoms with van der Waals surface area (Å²) in [6.45, 7) is 3.42. The van der Waals surface area contributed by atoms with Gasteiger partial charge in [0.2, 0.25) is 0 Å². The molecule has 4 aromatic rings. The number of nitrogen functional groups attached to an aromatic ring is 1. The summed E-state index contributed by atoms with van der Waals surface area (Å²) in [5, 5.41) is 3.75. The number of fused-ring (bicyclic) bond motifs is 3. The number of nitrogens with zero attached hydrogens (tertiary/aromatic N) is 3. The van der Waals surface area contributed by atoms with Crippen LogP contribution in [0.4, 0.5) is 10.6 Å². The number of pyridine rings is 1. The van der Waals surface area contributed by atoms with Crippen molar-refractivity contribution in [2.75, 3.05) is 18.9 Å². The van der Waals surface area contributed by atoms with Crippen LogP contribution in [0.5, 0.6) is 0 Å². The molecule has 1 amide bonds. The summed E-state index contributed by atoms with van der Waals surface area (Å²) in [4.78, 5) is 27.3. The molecule has 0 spiro atoms. The molecule has 0 unspecified atom stereocenters. The smallest absolute Gasteiger partial charge is 0.407 e. The first kappa shape index (κ1) is 23.4. The lowest BCUT2D eigenvalue weighted by Gasteiger charge is -2.12. The number of hydrogen-bond donors (Lipinski definition) is 2. The Morgan fingerprint density at radius 2 is 1.82 bits per heavy atom. The van der Waals surface area contributed by atoms with Gasteiger partial charge in [0.1, 0.15) is 30.1 Å². The molecule has 2 aromatic heterocycles. The highest BCUT2D eigenvalue weighted by Gasteiger charge is 2.18. The Morgan fingerprint density at radius 3 is 2.65 bits per heavy atom. The van der Waals surface area contributed by atoms with Crippen molar-refractivity contribution in [2.24, 2.45) is 0 Å². The van der Waals surface area contributed by atoms with Gasteiger partial charge in [0.05, 0.1) is 5.52 Å². The van der Waals surface area contributed by atoms with Gasteiger partial charge in [-0.3, -0.25) is 0 Å². The molecule has 8 heteroatoms. The first-order valence-corrected chi connectivity index (χ1v) is 11.8. The number of benzene rings is 2. The monoisotopic (exact) mass is 461 g/mol. The van der Waals surface area contributed by atoms with Crippen LogP contribution in [0.25, 0.3) is 21.9 Å². The highest BCUT2D eigenvalue weighted by molar-refractivity contribution is 6.06. The number of nitrogens with one attached hydrogen (secondary N) is 1. The summed E-state index contributed by atoms with van der Waals surface area (Å²) in [5.74, 6) is 1.26. The van der Waals surface area contributed by atoms with Gasteiger partial charge in [-0.05, 0) is 30.9 Å². The Bertz CT molecular complexity index is 1240. The second-order valence-electron chi connectivity index (χ2n) is 8.17. The topological polar surface area (TPSA) is 104 Å². The zero-order valence-corrected chi connectivity index (χ0v) is 19.5. The van der Waals surface area contributed by atoms with Crippen LogP contribution in [0, 0.1) is 0 Å². The lowest BCUT2D eigenvalue weighted by molar-refractivity contribution is 0.108. The number of hydrogen-bond acceptors (Lipinski definition) is 6. The number of imidazole rings is 1. The average Bonchev–Trinajstić information content (AvgIpc) is 3.23. The Morgan fingerprint density at radius 1 is 1.03 bits per heavy atom. The van der Waals surface area contributed by atoms with Crippen LogP contribution in [0.2, 0.25) is 0 Å². The third-order valence-electron chi connectivity index (χ3n) is 5.57. The summed E-state index contributed by atoms with van der Waals surface area (Å²) in [6, 6.07) is 17.5. The number of unbranched alkanes of at least 4 members (excludes halogenated alkanes) is 2. The van der Waals surface area contributed by atoms with Gasteiger partial charge in [0.25, 0.3) is 0 Å². The molecule has 4 rings (SSSR count). The van der Waals surface area contributed by atoms with E-state index in [4.69, 9.17) is 20.3 Å². The second-order valence-corrected chi connectivity index (χ2v) is 8.17. The largest absolute Gasteiger partial charge is 0.445 e. The minimum absolute atomic E-state index is 0.260. The van der Waals surface area contributed by atoms with Crippen molar-refractivity contribution in [2.45, 2.75) is 45.6 Å². The highest BCUT2D eigenvalue weighted by Crippen LogP contribution is 2.28. The van der Waals surface area contributed by atoms with Crippen molar-refractivity contribution < 1.29 is 14.4 Å². The molecule has 178 valence electrons. The van der Waals surface area contributed by atoms with Crippen LogP contribution >= 0.6 is 0 Å². The molecule has 0 saturated carbocycles. The molecular weight excluding hydrogens is 430 g/mol. The first-order valence-electron chi connectivity index (χ1n) is 11.8. The van der Waals surface area contributed by atoms with E-state index in [1.165, 1.54) is 0 Å². The molecule has 0 aliphatic heterocycles. The summed E-state index contributed by atoms with van der Waals surface area (Å²) >= 11 is 0. The second kappa shape index (κ2) is 11.4. The average molecular weight is 462 g/mol. The van der Waals surface area contributed by atoms with Crippen molar-refractivity contribution in [3.8, 4) is 0 Å². The summed E-state index contributed by atoms with van der Waals surface area (Å²) in [5.41, 5.74) is 9.53. The van der Waals surface area contributed by atoms with Crippen molar-refractivity contribution >= 4 is 33.8 Å². The fourth-order valence-corrected chi connectivity index (χ4v) is 3.80. The van der Waals surface area contributed by atoms with E-state index in [0.29, 0.717) is 24.5 Å². The molecule has 2 aromatic carbocycles. The number of aryl methyl sites for hydroxylation is 1. The van der Waals surface area contributed by atoms with E-state index >= 15 is 0 Å². The molecule has 0 radical (unpaired) electrons. The maximum Gasteiger partial charge on any atom is 0.407 e. The normalized spacial score (nSPS) is 11.1. The lowest BCUT2D eigenvalue weighted by atomic mass is 10.2. The number of ether oxygens (including phenoxy) is 1. The van der Waals surface area contributed by atoms with Crippen molar-refractivity contribution in [3.63, 3.8) is 0 Å². The minimum atomic E-state index is -0.415. The molecule has 0 bridgehead atoms. The Hall–Kier alpha value is -3.81. The lowest BCUT2D eigenvalue weighted by Crippen LogP contribution is -2.25. The van der Waals surface area contributed by atoms with Crippen molar-refractivity contribution in [1.82, 2.24) is 20.0 Å². The van der Waals surface area contributed by atoms with E-state index in [0.717, 1.165) is 59.9 Å². The van der Waals surface area contributed by atoms with E-state index in [-0.39, 0.29) is 6.61 Å². The van der Waals surface area contributed by atoms with Crippen LogP contribution in [0.3, 0.4) is 0 Å². The van der Waals surface area contributed by atoms with Crippen LogP contribution < -0.4 is 15.9 Å². The molecular formula is C26H31N5O3. The number of aromatic nitrogens is 3. The molecule has 8 nitrogen and oxygen atoms in total. The van der Waals surface area contributed by atoms with E-state index in [1.54, 1.807) is 0 Å². The SMILES string of the molecule is CCCCc1nc2c(N)nc3ccccc3c2n1OCCCCNC(=O)OCc1ccccc1. The number of alkyl carbamates (subject to hydrolysis) is 1. The van der Waals surface area contributed by atoms with Crippen molar-refractivity contribution in [1.29, 1.82) is 0 Å². The molecule has 34 heavy (non-hydrogen) atoms. The fourth-order valence-electron chi connectivity index (χ4n) is 3.80. The fraction of sp³-hybridized carbons (Fsp3) is 0.346. The van der Waals surface area contributed by atoms with Gasteiger partial charge in [0, 0.05) is 18.4 Å². The zero-order valence-electron chi connectivity index (χ0n) is 19.5. The summed E-state index contributed by atoms with van der Waals surface area (Å²) in [6.07, 6.45) is 3.98. The molecule has 0 saturated heterocycles. The van der Waals surface area contributed by atoms with E-state index in [1.807, 2.05) is 59.3 Å². The Labute approximate surface area is 199 Å². The first-order chi connectivity index (χ1) is 16.7. The van der Waals surface area contributed by atoms with Gasteiger partial charge in [-0.2, -0.15) is 4.73 Å². The predicted molar refractivity (Wildman–Crippen MR) is 133 cm³/mol. The molecule has 0 atom stereocenters. The predicted octanol–water partition coefficient (Wildman–Crippen LogP) is 4.64. The summed E-state index contributed by atoms with van der Waals surface area (Å²) < 4.78 is 7.06. The van der Waals surface area contributed by atoms with Gasteiger partial charge >= 0.3 is 6.09 Å². The van der Waals surface area contributed by atoms with Gasteiger partial charge < -0.3 is 20.6 Å². The maximum atomic E-state index is 11.9. The number of carbonyl (C=O) groups excluding carboxylic acids is 1. The standard InChI is InChI=1S/C26H31N5O3/c1-2-3-15-22-30-23-24(20-13-7-8-14-21(20)29-25(23)27)31(22)34-17-10-9-16-28-26(32)33-18-19-11-5-4-6-12-19/h4-8,11-14H,2-3,9-10,15-18H2,1H3,(H2,27,29)(H,28,32). The quantitative estimate of drug-likeness (QED) is 0.315. The van der Waals surface area contributed by atoms with Gasteiger partial charge in [-0.15, -0.1) is 0 Å². The van der Waals surface area contributed by atoms with Crippen LogP contribution in [-0.2, 0) is 17.8 Å². The molecule has 0 aliphatic rings. The Kier molecular flexibility index (Phi) is 7.80.